The SMILES string of the molecule is S=[C]c1ncco1. The summed E-state index contributed by atoms with van der Waals surface area (Å²) < 4.78 is 4.66. The van der Waals surface area contributed by atoms with Crippen LogP contribution in [0.25, 0.3) is 0 Å². The Kier molecular flexibility index (Phi) is 1.17. The second-order valence-corrected chi connectivity index (χ2v) is 1.14. The maximum absolute atomic E-state index is 4.66. The largest absolute Gasteiger partial charge is 0.444 e. The molecule has 1 aromatic rings. The third-order valence-electron chi connectivity index (χ3n) is 0.520. The quantitative estimate of drug-likeness (QED) is 0.505. The molecule has 0 aromatic carbocycles. The molecule has 0 amide bonds. The van der Waals surface area contributed by atoms with E-state index >= 15 is 0 Å². The maximum Gasteiger partial charge on any atom is 0.238 e. The Morgan fingerprint density at radius 2 is 2.71 bits per heavy atom. The first-order chi connectivity index (χ1) is 3.43. The Balaban J connectivity index is 2.96. The normalized spacial score (nSPS) is 8.57. The lowest BCUT2D eigenvalue weighted by Crippen LogP contribution is -1.70. The number of aromatic nitrogens is 1. The summed E-state index contributed by atoms with van der Waals surface area (Å²) >= 11 is 4.37. The van der Waals surface area contributed by atoms with Crippen LogP contribution in [-0.4, -0.2) is 10.4 Å². The van der Waals surface area contributed by atoms with E-state index in [0.29, 0.717) is 5.89 Å². The molecule has 1 radical (unpaired) electrons. The summed E-state index contributed by atoms with van der Waals surface area (Å²) in [6.07, 6.45) is 2.98. The highest BCUT2D eigenvalue weighted by molar-refractivity contribution is 7.79. The molecule has 0 spiro atoms. The molecule has 0 saturated heterocycles. The van der Waals surface area contributed by atoms with Crippen molar-refractivity contribution >= 4 is 17.6 Å². The van der Waals surface area contributed by atoms with Crippen molar-refractivity contribution in [1.29, 1.82) is 0 Å². The summed E-state index contributed by atoms with van der Waals surface area (Å²) in [5, 5.41) is 2.31. The second kappa shape index (κ2) is 1.84. The lowest BCUT2D eigenvalue weighted by Gasteiger charge is -1.68. The zero-order valence-corrected chi connectivity index (χ0v) is 4.23. The fourth-order valence-corrected chi connectivity index (χ4v) is 0.375. The number of hydrogen-bond acceptors (Lipinski definition) is 3. The first-order valence-corrected chi connectivity index (χ1v) is 2.12. The summed E-state index contributed by atoms with van der Waals surface area (Å²) in [5.74, 6) is 0.370. The minimum absolute atomic E-state index is 0.370. The lowest BCUT2D eigenvalue weighted by atomic mass is 10.8. The minimum atomic E-state index is 0.370. The molecule has 7 heavy (non-hydrogen) atoms. The molecule has 1 heterocycles. The van der Waals surface area contributed by atoms with E-state index in [1.165, 1.54) is 12.5 Å². The summed E-state index contributed by atoms with van der Waals surface area (Å²) in [7, 11) is 0. The van der Waals surface area contributed by atoms with Gasteiger partial charge in [-0.2, -0.15) is 0 Å². The van der Waals surface area contributed by atoms with E-state index < -0.39 is 0 Å². The smallest absolute Gasteiger partial charge is 0.238 e. The number of rotatable bonds is 1. The first kappa shape index (κ1) is 4.46. The summed E-state index contributed by atoms with van der Waals surface area (Å²) in [5.41, 5.74) is 0. The number of thiocarbonyl (C=S) groups is 1. The molecule has 0 aliphatic heterocycles. The molecular weight excluding hydrogens is 110 g/mol. The van der Waals surface area contributed by atoms with Crippen molar-refractivity contribution in [2.24, 2.45) is 0 Å². The van der Waals surface area contributed by atoms with E-state index in [9.17, 15) is 0 Å². The highest BCUT2D eigenvalue weighted by atomic mass is 32.1. The van der Waals surface area contributed by atoms with Crippen LogP contribution in [0.15, 0.2) is 16.9 Å². The molecule has 1 aromatic heterocycles. The van der Waals surface area contributed by atoms with Crippen molar-refractivity contribution in [3.8, 4) is 0 Å². The average molecular weight is 112 g/mol. The molecule has 0 bridgehead atoms. The van der Waals surface area contributed by atoms with E-state index in [0.717, 1.165) is 0 Å². The molecule has 0 aliphatic rings. The van der Waals surface area contributed by atoms with Crippen LogP contribution in [0, 0.1) is 0 Å². The average Bonchev–Trinajstić information content (AvgIpc) is 2.14. The Bertz CT molecular complexity index is 147. The number of nitrogens with zero attached hydrogens (tertiary/aromatic N) is 1. The van der Waals surface area contributed by atoms with Gasteiger partial charge in [0.25, 0.3) is 0 Å². The van der Waals surface area contributed by atoms with Crippen LogP contribution >= 0.6 is 12.2 Å². The molecule has 0 saturated carbocycles. The molecule has 0 aliphatic carbocycles. The van der Waals surface area contributed by atoms with Gasteiger partial charge in [0.1, 0.15) is 11.6 Å². The van der Waals surface area contributed by atoms with Crippen LogP contribution in [0.5, 0.6) is 0 Å². The van der Waals surface area contributed by atoms with Crippen molar-refractivity contribution < 1.29 is 4.42 Å². The van der Waals surface area contributed by atoms with Gasteiger partial charge in [0.2, 0.25) is 5.89 Å². The molecule has 3 heteroatoms. The first-order valence-electron chi connectivity index (χ1n) is 1.71. The predicted molar refractivity (Wildman–Crippen MR) is 28.2 cm³/mol. The highest BCUT2D eigenvalue weighted by Crippen LogP contribution is 1.87. The van der Waals surface area contributed by atoms with Gasteiger partial charge in [-0.05, 0) is 0 Å². The van der Waals surface area contributed by atoms with Gasteiger partial charge in [-0.15, -0.1) is 0 Å². The standard InChI is InChI=1S/C4H2NOS/c7-3-4-5-1-2-6-4/h1-2H. The second-order valence-electron chi connectivity index (χ2n) is 0.939. The van der Waals surface area contributed by atoms with Gasteiger partial charge in [0.05, 0.1) is 6.20 Å². The Hall–Kier alpha value is -0.700. The van der Waals surface area contributed by atoms with Gasteiger partial charge >= 0.3 is 0 Å². The van der Waals surface area contributed by atoms with E-state index in [-0.39, 0.29) is 0 Å². The molecule has 0 N–H and O–H groups in total. The molecule has 0 atom stereocenters. The lowest BCUT2D eigenvalue weighted by molar-refractivity contribution is 0.551. The fourth-order valence-electron chi connectivity index (χ4n) is 0.274. The summed E-state index contributed by atoms with van der Waals surface area (Å²) in [6.45, 7) is 0. The maximum atomic E-state index is 4.66. The van der Waals surface area contributed by atoms with Gasteiger partial charge in [0.15, 0.2) is 0 Å². The van der Waals surface area contributed by atoms with Gasteiger partial charge in [-0.1, -0.05) is 12.2 Å². The van der Waals surface area contributed by atoms with E-state index in [1.54, 1.807) is 0 Å². The Morgan fingerprint density at radius 3 is 3.00 bits per heavy atom. The monoisotopic (exact) mass is 112 g/mol. The Labute approximate surface area is 46.2 Å². The van der Waals surface area contributed by atoms with E-state index in [2.05, 4.69) is 27.0 Å². The van der Waals surface area contributed by atoms with Crippen LogP contribution in [0.3, 0.4) is 0 Å². The number of oxazole rings is 1. The predicted octanol–water partition coefficient (Wildman–Crippen LogP) is 0.899. The zero-order valence-electron chi connectivity index (χ0n) is 3.42. The van der Waals surface area contributed by atoms with Gasteiger partial charge in [-0.3, -0.25) is 0 Å². The molecular formula is C4H2NOS. The molecule has 1 rings (SSSR count). The third-order valence-corrected chi connectivity index (χ3v) is 0.694. The van der Waals surface area contributed by atoms with Crippen molar-refractivity contribution in [3.05, 3.63) is 18.4 Å². The van der Waals surface area contributed by atoms with Crippen molar-refractivity contribution in [3.63, 3.8) is 0 Å². The summed E-state index contributed by atoms with van der Waals surface area (Å²) in [6, 6.07) is 0. The summed E-state index contributed by atoms with van der Waals surface area (Å²) in [4.78, 5) is 3.65. The molecule has 35 valence electrons. The highest BCUT2D eigenvalue weighted by Gasteiger charge is 1.84. The molecule has 0 fully saturated rings. The fraction of sp³-hybridized carbons (Fsp3) is 0. The Morgan fingerprint density at radius 1 is 1.86 bits per heavy atom. The van der Waals surface area contributed by atoms with Crippen LogP contribution in [0.1, 0.15) is 5.89 Å². The van der Waals surface area contributed by atoms with E-state index in [1.807, 2.05) is 0 Å². The van der Waals surface area contributed by atoms with Crippen molar-refractivity contribution in [1.82, 2.24) is 4.98 Å². The minimum Gasteiger partial charge on any atom is -0.444 e. The topological polar surface area (TPSA) is 26.0 Å². The van der Waals surface area contributed by atoms with Gasteiger partial charge in [0, 0.05) is 0 Å². The number of hydrogen-bond donors (Lipinski definition) is 0. The van der Waals surface area contributed by atoms with Gasteiger partial charge < -0.3 is 4.42 Å². The van der Waals surface area contributed by atoms with Crippen molar-refractivity contribution in [2.75, 3.05) is 0 Å². The van der Waals surface area contributed by atoms with Crippen molar-refractivity contribution in [2.45, 2.75) is 0 Å². The molecule has 2 nitrogen and oxygen atoms in total. The van der Waals surface area contributed by atoms with Crippen LogP contribution in [0.2, 0.25) is 0 Å². The van der Waals surface area contributed by atoms with E-state index in [4.69, 9.17) is 0 Å². The van der Waals surface area contributed by atoms with Crippen LogP contribution < -0.4 is 0 Å². The van der Waals surface area contributed by atoms with Crippen LogP contribution in [0.4, 0.5) is 0 Å². The molecule has 0 unspecified atom stereocenters. The van der Waals surface area contributed by atoms with Gasteiger partial charge in [-0.25, -0.2) is 4.98 Å². The third kappa shape index (κ3) is 0.838. The zero-order chi connectivity index (χ0) is 5.11. The van der Waals surface area contributed by atoms with Crippen LogP contribution in [-0.2, 0) is 0 Å².